The number of benzene rings is 1. The highest BCUT2D eigenvalue weighted by atomic mass is 35.5. The lowest BCUT2D eigenvalue weighted by atomic mass is 10.1. The molecule has 0 saturated carbocycles. The van der Waals surface area contributed by atoms with Gasteiger partial charge in [0.15, 0.2) is 5.82 Å². The predicted molar refractivity (Wildman–Crippen MR) is 73.5 cm³/mol. The van der Waals surface area contributed by atoms with Crippen LogP contribution < -0.4 is 5.56 Å². The van der Waals surface area contributed by atoms with Gasteiger partial charge in [0, 0.05) is 5.56 Å². The zero-order chi connectivity index (χ0) is 13.6. The molecular formula is C13H11ClN4O. The topological polar surface area (TPSA) is 63.1 Å². The van der Waals surface area contributed by atoms with Crippen LogP contribution in [0.3, 0.4) is 0 Å². The Balaban J connectivity index is 2.25. The van der Waals surface area contributed by atoms with Crippen molar-refractivity contribution in [1.82, 2.24) is 19.6 Å². The Morgan fingerprint density at radius 3 is 2.53 bits per heavy atom. The van der Waals surface area contributed by atoms with Crippen LogP contribution in [0.5, 0.6) is 0 Å². The number of nitrogens with one attached hydrogen (secondary N) is 1. The van der Waals surface area contributed by atoms with Crippen LogP contribution in [0, 0.1) is 13.8 Å². The summed E-state index contributed by atoms with van der Waals surface area (Å²) in [5, 5.41) is 3.02. The summed E-state index contributed by atoms with van der Waals surface area (Å²) < 4.78 is 1.25. The van der Waals surface area contributed by atoms with Crippen molar-refractivity contribution >= 4 is 17.4 Å². The Morgan fingerprint density at radius 2 is 1.84 bits per heavy atom. The smallest absolute Gasteiger partial charge is 0.271 e. The van der Waals surface area contributed by atoms with E-state index < -0.39 is 0 Å². The third-order valence-corrected chi connectivity index (χ3v) is 3.37. The number of hydrogen-bond donors (Lipinski definition) is 1. The van der Waals surface area contributed by atoms with Crippen LogP contribution in [-0.4, -0.2) is 19.6 Å². The summed E-state index contributed by atoms with van der Waals surface area (Å²) in [6, 6.07) is 7.84. The highest BCUT2D eigenvalue weighted by molar-refractivity contribution is 6.31. The predicted octanol–water partition coefficient (Wildman–Crippen LogP) is 2.35. The third-order valence-electron chi connectivity index (χ3n) is 2.93. The number of aromatic nitrogens is 4. The van der Waals surface area contributed by atoms with Gasteiger partial charge in [-0.3, -0.25) is 9.89 Å². The van der Waals surface area contributed by atoms with Crippen molar-refractivity contribution in [3.8, 4) is 11.4 Å². The number of aromatic amines is 1. The van der Waals surface area contributed by atoms with Crippen molar-refractivity contribution in [3.05, 3.63) is 50.9 Å². The lowest BCUT2D eigenvalue weighted by molar-refractivity contribution is 0.892. The number of hydrogen-bond acceptors (Lipinski definition) is 3. The van der Waals surface area contributed by atoms with Crippen molar-refractivity contribution in [2.75, 3.05) is 0 Å². The highest BCUT2D eigenvalue weighted by Crippen LogP contribution is 2.16. The molecule has 2 heterocycles. The summed E-state index contributed by atoms with van der Waals surface area (Å²) in [7, 11) is 0. The standard InChI is InChI=1S/C13H11ClN4O/c1-7-3-5-9(6-4-7)11-16-13-15-8(2)10(14)12(19)18(13)17-11/h3-6H,1-2H3,(H,15,16,17). The molecule has 0 spiro atoms. The molecule has 3 rings (SSSR count). The van der Waals surface area contributed by atoms with E-state index in [-0.39, 0.29) is 10.6 Å². The molecule has 0 saturated heterocycles. The summed E-state index contributed by atoms with van der Waals surface area (Å²) in [5.41, 5.74) is 2.20. The summed E-state index contributed by atoms with van der Waals surface area (Å²) >= 11 is 5.89. The van der Waals surface area contributed by atoms with E-state index in [1.54, 1.807) is 6.92 Å². The van der Waals surface area contributed by atoms with E-state index in [0.717, 1.165) is 11.1 Å². The van der Waals surface area contributed by atoms with Gasteiger partial charge in [0.1, 0.15) is 5.02 Å². The average Bonchev–Trinajstić information content (AvgIpc) is 2.81. The average molecular weight is 275 g/mol. The molecule has 96 valence electrons. The van der Waals surface area contributed by atoms with Gasteiger partial charge in [0.05, 0.1) is 5.69 Å². The first-order valence-corrected chi connectivity index (χ1v) is 6.16. The maximum absolute atomic E-state index is 12.0. The minimum Gasteiger partial charge on any atom is -0.271 e. The van der Waals surface area contributed by atoms with E-state index in [1.807, 2.05) is 31.2 Å². The molecule has 5 nitrogen and oxygen atoms in total. The summed E-state index contributed by atoms with van der Waals surface area (Å²) in [4.78, 5) is 20.5. The minimum absolute atomic E-state index is 0.108. The molecule has 0 radical (unpaired) electrons. The van der Waals surface area contributed by atoms with Crippen LogP contribution in [-0.2, 0) is 0 Å². The molecule has 19 heavy (non-hydrogen) atoms. The van der Waals surface area contributed by atoms with Crippen molar-refractivity contribution in [1.29, 1.82) is 0 Å². The first-order valence-electron chi connectivity index (χ1n) is 5.78. The highest BCUT2D eigenvalue weighted by Gasteiger charge is 2.12. The number of H-pyrrole nitrogens is 1. The van der Waals surface area contributed by atoms with Gasteiger partial charge in [-0.15, -0.1) is 0 Å². The molecule has 0 fully saturated rings. The van der Waals surface area contributed by atoms with Crippen LogP contribution in [0.1, 0.15) is 11.3 Å². The van der Waals surface area contributed by atoms with Gasteiger partial charge in [-0.05, 0) is 13.8 Å². The fourth-order valence-corrected chi connectivity index (χ4v) is 1.97. The number of aryl methyl sites for hydroxylation is 2. The zero-order valence-corrected chi connectivity index (χ0v) is 11.2. The summed E-state index contributed by atoms with van der Waals surface area (Å²) in [5.74, 6) is 0.911. The van der Waals surface area contributed by atoms with Crippen LogP contribution >= 0.6 is 11.6 Å². The molecule has 0 aliphatic heterocycles. The van der Waals surface area contributed by atoms with Gasteiger partial charge in [0.25, 0.3) is 11.3 Å². The maximum Gasteiger partial charge on any atom is 0.293 e. The van der Waals surface area contributed by atoms with Crippen molar-refractivity contribution < 1.29 is 0 Å². The van der Waals surface area contributed by atoms with E-state index in [4.69, 9.17) is 11.6 Å². The van der Waals surface area contributed by atoms with E-state index in [2.05, 4.69) is 15.1 Å². The zero-order valence-electron chi connectivity index (χ0n) is 10.4. The largest absolute Gasteiger partial charge is 0.293 e. The number of halogens is 1. The Morgan fingerprint density at radius 1 is 1.16 bits per heavy atom. The number of nitrogens with zero attached hydrogens (tertiary/aromatic N) is 3. The van der Waals surface area contributed by atoms with E-state index in [0.29, 0.717) is 17.3 Å². The number of fused-ring (bicyclic) bond motifs is 1. The number of rotatable bonds is 1. The van der Waals surface area contributed by atoms with Gasteiger partial charge < -0.3 is 0 Å². The Hall–Kier alpha value is -2.14. The fraction of sp³-hybridized carbons (Fsp3) is 0.154. The molecule has 0 aliphatic rings. The second-order valence-electron chi connectivity index (χ2n) is 4.39. The lowest BCUT2D eigenvalue weighted by Gasteiger charge is -1.96. The van der Waals surface area contributed by atoms with E-state index in [1.165, 1.54) is 4.52 Å². The van der Waals surface area contributed by atoms with Gasteiger partial charge in [0.2, 0.25) is 0 Å². The molecule has 2 aromatic heterocycles. The van der Waals surface area contributed by atoms with Crippen LogP contribution in [0.2, 0.25) is 5.02 Å². The first-order chi connectivity index (χ1) is 9.06. The Bertz CT molecular complexity index is 817. The van der Waals surface area contributed by atoms with E-state index >= 15 is 0 Å². The molecule has 1 N–H and O–H groups in total. The van der Waals surface area contributed by atoms with Gasteiger partial charge in [-0.2, -0.15) is 9.50 Å². The molecule has 1 aromatic carbocycles. The van der Waals surface area contributed by atoms with Crippen molar-refractivity contribution in [3.63, 3.8) is 0 Å². The molecule has 6 heteroatoms. The monoisotopic (exact) mass is 274 g/mol. The van der Waals surface area contributed by atoms with Crippen molar-refractivity contribution in [2.24, 2.45) is 0 Å². The minimum atomic E-state index is -0.338. The van der Waals surface area contributed by atoms with Crippen LogP contribution in [0.25, 0.3) is 17.2 Å². The Labute approximate surface area is 113 Å². The molecule has 0 unspecified atom stereocenters. The molecular weight excluding hydrogens is 264 g/mol. The molecule has 0 bridgehead atoms. The second kappa shape index (κ2) is 4.20. The summed E-state index contributed by atoms with van der Waals surface area (Å²) in [6.07, 6.45) is 0. The molecule has 0 aliphatic carbocycles. The Kier molecular flexibility index (Phi) is 2.64. The second-order valence-corrected chi connectivity index (χ2v) is 4.77. The van der Waals surface area contributed by atoms with E-state index in [9.17, 15) is 4.79 Å². The van der Waals surface area contributed by atoms with Crippen LogP contribution in [0.15, 0.2) is 29.1 Å². The molecule has 0 atom stereocenters. The van der Waals surface area contributed by atoms with Crippen LogP contribution in [0.4, 0.5) is 0 Å². The quantitative estimate of drug-likeness (QED) is 0.741. The third kappa shape index (κ3) is 1.92. The molecule has 3 aromatic rings. The SMILES string of the molecule is Cc1ccc(-c2nc3nc(C)c(Cl)c(=O)n3[nH]2)cc1. The van der Waals surface area contributed by atoms with Gasteiger partial charge in [-0.1, -0.05) is 41.4 Å². The first kappa shape index (κ1) is 11.9. The van der Waals surface area contributed by atoms with Crippen molar-refractivity contribution in [2.45, 2.75) is 13.8 Å². The normalized spacial score (nSPS) is 11.1. The van der Waals surface area contributed by atoms with Gasteiger partial charge in [-0.25, -0.2) is 4.98 Å². The molecule has 0 amide bonds. The maximum atomic E-state index is 12.0. The lowest BCUT2D eigenvalue weighted by Crippen LogP contribution is -2.17. The summed E-state index contributed by atoms with van der Waals surface area (Å²) in [6.45, 7) is 3.70. The fourth-order valence-electron chi connectivity index (χ4n) is 1.84. The van der Waals surface area contributed by atoms with Gasteiger partial charge >= 0.3 is 0 Å².